The summed E-state index contributed by atoms with van der Waals surface area (Å²) < 4.78 is 0. The van der Waals surface area contributed by atoms with Gasteiger partial charge in [-0.05, 0) is 24.7 Å². The van der Waals surface area contributed by atoms with Gasteiger partial charge >= 0.3 is 0 Å². The van der Waals surface area contributed by atoms with Gasteiger partial charge in [-0.3, -0.25) is 0 Å². The minimum Gasteiger partial charge on any atom is -0.305 e. The molecule has 17 heavy (non-hydrogen) atoms. The Morgan fingerprint density at radius 2 is 1.94 bits per heavy atom. The van der Waals surface area contributed by atoms with E-state index in [1.807, 2.05) is 11.3 Å². The van der Waals surface area contributed by atoms with Gasteiger partial charge in [0.1, 0.15) is 5.01 Å². The molecule has 2 rings (SSSR count). The van der Waals surface area contributed by atoms with Gasteiger partial charge in [-0.25, -0.2) is 4.98 Å². The fourth-order valence-electron chi connectivity index (χ4n) is 2.36. The van der Waals surface area contributed by atoms with Gasteiger partial charge in [0.2, 0.25) is 0 Å². The molecule has 1 unspecified atom stereocenters. The molecule has 1 heterocycles. The van der Waals surface area contributed by atoms with Gasteiger partial charge in [0.25, 0.3) is 0 Å². The molecular formula is C14H24N2S. The highest BCUT2D eigenvalue weighted by Gasteiger charge is 2.31. The van der Waals surface area contributed by atoms with Crippen LogP contribution in [0.3, 0.4) is 0 Å². The number of aromatic nitrogens is 1. The number of fused-ring (bicyclic) bond motifs is 1. The van der Waals surface area contributed by atoms with E-state index in [1.165, 1.54) is 34.8 Å². The summed E-state index contributed by atoms with van der Waals surface area (Å²) in [6, 6.07) is 0.871. The smallest absolute Gasteiger partial charge is 0.111 e. The highest BCUT2D eigenvalue weighted by atomic mass is 32.1. The van der Waals surface area contributed by atoms with Gasteiger partial charge < -0.3 is 5.32 Å². The molecule has 1 aromatic rings. The van der Waals surface area contributed by atoms with E-state index in [2.05, 4.69) is 39.9 Å². The van der Waals surface area contributed by atoms with Crippen molar-refractivity contribution in [1.29, 1.82) is 0 Å². The van der Waals surface area contributed by atoms with Crippen LogP contribution in [0.2, 0.25) is 0 Å². The van der Waals surface area contributed by atoms with Crippen molar-refractivity contribution in [2.75, 3.05) is 0 Å². The number of rotatable bonds is 3. The Morgan fingerprint density at radius 1 is 1.24 bits per heavy atom. The van der Waals surface area contributed by atoms with E-state index in [-0.39, 0.29) is 5.41 Å². The van der Waals surface area contributed by atoms with Crippen molar-refractivity contribution in [2.24, 2.45) is 5.41 Å². The summed E-state index contributed by atoms with van der Waals surface area (Å²) in [5.74, 6) is 0. The highest BCUT2D eigenvalue weighted by molar-refractivity contribution is 7.11. The van der Waals surface area contributed by atoms with Crippen molar-refractivity contribution in [3.63, 3.8) is 0 Å². The third-order valence-corrected chi connectivity index (χ3v) is 4.45. The predicted octanol–water partition coefficient (Wildman–Crippen LogP) is 3.72. The molecule has 1 aliphatic rings. The fraction of sp³-hybridized carbons (Fsp3) is 0.786. The maximum absolute atomic E-state index is 4.87. The standard InChI is InChI=1S/C14H24N2S/c1-9(2)15-12(14(3,4)5)13-16-10-7-6-8-11(10)17-13/h9,12,15H,6-8H2,1-5H3. The zero-order valence-electron chi connectivity index (χ0n) is 11.6. The largest absolute Gasteiger partial charge is 0.305 e. The minimum atomic E-state index is 0.218. The maximum atomic E-state index is 4.87. The first-order valence-corrected chi connectivity index (χ1v) is 7.44. The summed E-state index contributed by atoms with van der Waals surface area (Å²) in [7, 11) is 0. The first-order valence-electron chi connectivity index (χ1n) is 6.62. The quantitative estimate of drug-likeness (QED) is 0.887. The summed E-state index contributed by atoms with van der Waals surface area (Å²) in [5, 5.41) is 4.96. The molecule has 0 saturated carbocycles. The first-order chi connectivity index (χ1) is 7.88. The average molecular weight is 252 g/mol. The first kappa shape index (κ1) is 13.0. The van der Waals surface area contributed by atoms with Crippen LogP contribution in [0.25, 0.3) is 0 Å². The molecule has 1 N–H and O–H groups in total. The lowest BCUT2D eigenvalue weighted by Gasteiger charge is -2.31. The van der Waals surface area contributed by atoms with E-state index in [1.54, 1.807) is 0 Å². The Kier molecular flexibility index (Phi) is 3.60. The summed E-state index contributed by atoms with van der Waals surface area (Å²) in [6.45, 7) is 11.3. The van der Waals surface area contributed by atoms with E-state index in [9.17, 15) is 0 Å². The van der Waals surface area contributed by atoms with Crippen LogP contribution < -0.4 is 5.32 Å². The number of aryl methyl sites for hydroxylation is 2. The Labute approximate surface area is 109 Å². The van der Waals surface area contributed by atoms with Gasteiger partial charge in [-0.2, -0.15) is 0 Å². The fourth-order valence-corrected chi connectivity index (χ4v) is 3.82. The number of thiazole rings is 1. The van der Waals surface area contributed by atoms with Crippen LogP contribution in [-0.4, -0.2) is 11.0 Å². The molecule has 0 aromatic carbocycles. The Balaban J connectivity index is 2.25. The van der Waals surface area contributed by atoms with Crippen LogP contribution in [0.4, 0.5) is 0 Å². The number of nitrogens with one attached hydrogen (secondary N) is 1. The Morgan fingerprint density at radius 3 is 2.47 bits per heavy atom. The molecule has 1 aromatic heterocycles. The van der Waals surface area contributed by atoms with Crippen molar-refractivity contribution in [1.82, 2.24) is 10.3 Å². The summed E-state index contributed by atoms with van der Waals surface area (Å²) in [4.78, 5) is 6.39. The molecule has 1 atom stereocenters. The van der Waals surface area contributed by atoms with E-state index < -0.39 is 0 Å². The summed E-state index contributed by atoms with van der Waals surface area (Å²) in [5.41, 5.74) is 1.58. The molecule has 2 nitrogen and oxygen atoms in total. The van der Waals surface area contributed by atoms with E-state index >= 15 is 0 Å². The van der Waals surface area contributed by atoms with Crippen LogP contribution in [0.1, 0.15) is 62.7 Å². The minimum absolute atomic E-state index is 0.218. The van der Waals surface area contributed by atoms with Crippen LogP contribution in [0.5, 0.6) is 0 Å². The number of nitrogens with zero attached hydrogens (tertiary/aromatic N) is 1. The van der Waals surface area contributed by atoms with E-state index in [0.29, 0.717) is 12.1 Å². The SMILES string of the molecule is CC(C)NC(c1nc2c(s1)CCC2)C(C)(C)C. The maximum Gasteiger partial charge on any atom is 0.111 e. The lowest BCUT2D eigenvalue weighted by molar-refractivity contribution is 0.257. The third-order valence-electron chi connectivity index (χ3n) is 3.23. The molecular weight excluding hydrogens is 228 g/mol. The van der Waals surface area contributed by atoms with Crippen molar-refractivity contribution < 1.29 is 0 Å². The molecule has 0 saturated heterocycles. The van der Waals surface area contributed by atoms with E-state index in [4.69, 9.17) is 4.98 Å². The van der Waals surface area contributed by atoms with Crippen molar-refractivity contribution in [3.8, 4) is 0 Å². The summed E-state index contributed by atoms with van der Waals surface area (Å²) in [6.07, 6.45) is 3.72. The Bertz CT molecular complexity index is 366. The van der Waals surface area contributed by atoms with Crippen molar-refractivity contribution >= 4 is 11.3 Å². The number of hydrogen-bond acceptors (Lipinski definition) is 3. The van der Waals surface area contributed by atoms with E-state index in [0.717, 1.165) is 0 Å². The normalized spacial score (nSPS) is 17.5. The summed E-state index contributed by atoms with van der Waals surface area (Å²) >= 11 is 1.93. The second-order valence-electron chi connectivity index (χ2n) is 6.40. The van der Waals surface area contributed by atoms with Gasteiger partial charge in [0.15, 0.2) is 0 Å². The molecule has 3 heteroatoms. The molecule has 96 valence electrons. The lowest BCUT2D eigenvalue weighted by atomic mass is 9.86. The predicted molar refractivity (Wildman–Crippen MR) is 74.6 cm³/mol. The zero-order valence-corrected chi connectivity index (χ0v) is 12.4. The van der Waals surface area contributed by atoms with Crippen LogP contribution in [0, 0.1) is 5.41 Å². The van der Waals surface area contributed by atoms with Crippen LogP contribution in [-0.2, 0) is 12.8 Å². The van der Waals surface area contributed by atoms with Gasteiger partial charge in [0, 0.05) is 10.9 Å². The molecule has 0 bridgehead atoms. The van der Waals surface area contributed by atoms with Gasteiger partial charge in [0.05, 0.1) is 11.7 Å². The van der Waals surface area contributed by atoms with Crippen molar-refractivity contribution in [2.45, 2.75) is 66.0 Å². The number of hydrogen-bond donors (Lipinski definition) is 1. The second-order valence-corrected chi connectivity index (χ2v) is 7.51. The average Bonchev–Trinajstić information content (AvgIpc) is 2.70. The monoisotopic (exact) mass is 252 g/mol. The molecule has 0 fully saturated rings. The topological polar surface area (TPSA) is 24.9 Å². The third kappa shape index (κ3) is 2.89. The second kappa shape index (κ2) is 4.69. The molecule has 0 aliphatic heterocycles. The highest BCUT2D eigenvalue weighted by Crippen LogP contribution is 2.38. The molecule has 0 radical (unpaired) electrons. The van der Waals surface area contributed by atoms with Crippen LogP contribution >= 0.6 is 11.3 Å². The van der Waals surface area contributed by atoms with Crippen LogP contribution in [0.15, 0.2) is 0 Å². The van der Waals surface area contributed by atoms with Crippen molar-refractivity contribution in [3.05, 3.63) is 15.6 Å². The molecule has 0 amide bonds. The van der Waals surface area contributed by atoms with Gasteiger partial charge in [-0.15, -0.1) is 11.3 Å². The molecule has 0 spiro atoms. The zero-order chi connectivity index (χ0) is 12.6. The Hall–Kier alpha value is -0.410. The van der Waals surface area contributed by atoms with Gasteiger partial charge in [-0.1, -0.05) is 34.6 Å². The lowest BCUT2D eigenvalue weighted by Crippen LogP contribution is -2.36. The molecule has 1 aliphatic carbocycles.